The lowest BCUT2D eigenvalue weighted by Crippen LogP contribution is -2.50. The number of aryl methyl sites for hydroxylation is 3. The Morgan fingerprint density at radius 3 is 2.14 bits per heavy atom. The summed E-state index contributed by atoms with van der Waals surface area (Å²) in [5.74, 6) is -0.349. The van der Waals surface area contributed by atoms with Gasteiger partial charge in [-0.2, -0.15) is 0 Å². The van der Waals surface area contributed by atoms with E-state index < -0.39 is 16.1 Å². The average Bonchev–Trinajstić information content (AvgIpc) is 2.74. The molecule has 1 unspecified atom stereocenters. The summed E-state index contributed by atoms with van der Waals surface area (Å²) in [6.07, 6.45) is 2.13. The van der Waals surface area contributed by atoms with Gasteiger partial charge in [0.25, 0.3) is 0 Å². The first-order valence-electron chi connectivity index (χ1n) is 12.5. The summed E-state index contributed by atoms with van der Waals surface area (Å²) >= 11 is 0. The first-order valence-corrected chi connectivity index (χ1v) is 14.4. The molecule has 2 rings (SSSR count). The number of carbonyl (C=O) groups excluding carboxylic acids is 2. The van der Waals surface area contributed by atoms with Crippen LogP contribution >= 0.6 is 0 Å². The second-order valence-corrected chi connectivity index (χ2v) is 11.8. The van der Waals surface area contributed by atoms with Crippen molar-refractivity contribution in [3.8, 4) is 0 Å². The van der Waals surface area contributed by atoms with Crippen molar-refractivity contribution in [2.75, 3.05) is 17.1 Å². The number of nitrogens with zero attached hydrogens (tertiary/aromatic N) is 2. The predicted molar refractivity (Wildman–Crippen MR) is 146 cm³/mol. The molecule has 0 heterocycles. The summed E-state index contributed by atoms with van der Waals surface area (Å²) < 4.78 is 26.5. The first-order chi connectivity index (χ1) is 16.8. The van der Waals surface area contributed by atoms with E-state index in [9.17, 15) is 18.0 Å². The molecule has 198 valence electrons. The summed E-state index contributed by atoms with van der Waals surface area (Å²) in [6, 6.07) is 12.9. The highest BCUT2D eigenvalue weighted by molar-refractivity contribution is 7.92. The smallest absolute Gasteiger partial charge is 0.243 e. The first kappa shape index (κ1) is 29.4. The molecule has 2 amide bonds. The Morgan fingerprint density at radius 2 is 1.61 bits per heavy atom. The zero-order chi connectivity index (χ0) is 27.0. The van der Waals surface area contributed by atoms with Gasteiger partial charge < -0.3 is 10.2 Å². The zero-order valence-electron chi connectivity index (χ0n) is 22.7. The van der Waals surface area contributed by atoms with Crippen LogP contribution < -0.4 is 9.62 Å². The molecule has 8 heteroatoms. The lowest BCUT2D eigenvalue weighted by atomic mass is 10.1. The molecule has 0 aliphatic heterocycles. The number of rotatable bonds is 12. The van der Waals surface area contributed by atoms with Crippen LogP contribution in [0.2, 0.25) is 0 Å². The number of hydrogen-bond donors (Lipinski definition) is 1. The highest BCUT2D eigenvalue weighted by Gasteiger charge is 2.29. The van der Waals surface area contributed by atoms with E-state index >= 15 is 0 Å². The van der Waals surface area contributed by atoms with Crippen molar-refractivity contribution in [1.82, 2.24) is 10.2 Å². The van der Waals surface area contributed by atoms with E-state index in [1.807, 2.05) is 84.0 Å². The van der Waals surface area contributed by atoms with Crippen LogP contribution in [0.1, 0.15) is 62.3 Å². The van der Waals surface area contributed by atoms with E-state index in [4.69, 9.17) is 0 Å². The topological polar surface area (TPSA) is 86.8 Å². The molecular formula is C28H41N3O4S. The van der Waals surface area contributed by atoms with Crippen LogP contribution in [0.4, 0.5) is 5.69 Å². The van der Waals surface area contributed by atoms with Crippen molar-refractivity contribution in [1.29, 1.82) is 0 Å². The van der Waals surface area contributed by atoms with E-state index in [2.05, 4.69) is 5.32 Å². The van der Waals surface area contributed by atoms with Gasteiger partial charge in [-0.05, 0) is 76.3 Å². The third-order valence-electron chi connectivity index (χ3n) is 5.90. The van der Waals surface area contributed by atoms with Crippen molar-refractivity contribution in [3.05, 3.63) is 64.7 Å². The number of sulfonamides is 1. The van der Waals surface area contributed by atoms with Crippen molar-refractivity contribution in [2.45, 2.75) is 79.4 Å². The molecule has 0 fully saturated rings. The molecule has 0 aliphatic rings. The second kappa shape index (κ2) is 12.9. The van der Waals surface area contributed by atoms with Gasteiger partial charge in [0.05, 0.1) is 11.9 Å². The lowest BCUT2D eigenvalue weighted by Gasteiger charge is -2.31. The number of benzene rings is 2. The van der Waals surface area contributed by atoms with E-state index in [0.29, 0.717) is 25.1 Å². The SMILES string of the molecule is CCC(C(=O)NC(C)C)N(Cc1cccc(C)c1)C(=O)CCCN(c1cc(C)cc(C)c1)S(C)(=O)=O. The summed E-state index contributed by atoms with van der Waals surface area (Å²) in [7, 11) is -3.53. The maximum atomic E-state index is 13.5. The highest BCUT2D eigenvalue weighted by atomic mass is 32.2. The van der Waals surface area contributed by atoms with Gasteiger partial charge in [-0.1, -0.05) is 42.8 Å². The van der Waals surface area contributed by atoms with Gasteiger partial charge in [-0.25, -0.2) is 8.42 Å². The number of amides is 2. The Bertz CT molecular complexity index is 1140. The van der Waals surface area contributed by atoms with E-state index in [-0.39, 0.29) is 30.8 Å². The van der Waals surface area contributed by atoms with Crippen LogP contribution in [-0.4, -0.2) is 50.0 Å². The van der Waals surface area contributed by atoms with Crippen LogP contribution in [0.25, 0.3) is 0 Å². The second-order valence-electron chi connectivity index (χ2n) is 9.88. The minimum atomic E-state index is -3.53. The number of anilines is 1. The van der Waals surface area contributed by atoms with Gasteiger partial charge in [-0.3, -0.25) is 13.9 Å². The third-order valence-corrected chi connectivity index (χ3v) is 7.09. The summed E-state index contributed by atoms with van der Waals surface area (Å²) in [4.78, 5) is 28.1. The molecule has 0 bridgehead atoms. The Balaban J connectivity index is 2.24. The van der Waals surface area contributed by atoms with E-state index in [1.54, 1.807) is 4.90 Å². The van der Waals surface area contributed by atoms with Crippen molar-refractivity contribution in [3.63, 3.8) is 0 Å². The molecule has 0 spiro atoms. The van der Waals surface area contributed by atoms with Gasteiger partial charge in [0.15, 0.2) is 0 Å². The minimum absolute atomic E-state index is 0.0384. The summed E-state index contributed by atoms with van der Waals surface area (Å²) in [5, 5.41) is 2.93. The zero-order valence-corrected chi connectivity index (χ0v) is 23.5. The van der Waals surface area contributed by atoms with Gasteiger partial charge in [0, 0.05) is 25.6 Å². The maximum Gasteiger partial charge on any atom is 0.243 e. The summed E-state index contributed by atoms with van der Waals surface area (Å²) in [6.45, 7) is 12.0. The molecule has 7 nitrogen and oxygen atoms in total. The number of nitrogens with one attached hydrogen (secondary N) is 1. The molecule has 1 N–H and O–H groups in total. The molecule has 2 aromatic rings. The maximum absolute atomic E-state index is 13.5. The Labute approximate surface area is 216 Å². The predicted octanol–water partition coefficient (Wildman–Crippen LogP) is 4.49. The normalized spacial score (nSPS) is 12.3. The molecule has 0 aromatic heterocycles. The van der Waals surface area contributed by atoms with Crippen LogP contribution in [0.5, 0.6) is 0 Å². The van der Waals surface area contributed by atoms with Gasteiger partial charge in [0.1, 0.15) is 6.04 Å². The van der Waals surface area contributed by atoms with Gasteiger partial charge in [0.2, 0.25) is 21.8 Å². The molecule has 0 radical (unpaired) electrons. The fourth-order valence-electron chi connectivity index (χ4n) is 4.41. The lowest BCUT2D eigenvalue weighted by molar-refractivity contribution is -0.141. The van der Waals surface area contributed by atoms with E-state index in [1.165, 1.54) is 10.6 Å². The fourth-order valence-corrected chi connectivity index (χ4v) is 5.36. The fraction of sp³-hybridized carbons (Fsp3) is 0.500. The monoisotopic (exact) mass is 515 g/mol. The standard InChI is InChI=1S/C28H41N3O4S/c1-8-26(28(33)29-20(2)3)30(19-24-12-9-11-21(4)16-24)27(32)13-10-14-31(36(7,34)35)25-17-22(5)15-23(6)18-25/h9,11-12,15-18,20,26H,8,10,13-14,19H2,1-7H3,(H,29,33). The van der Waals surface area contributed by atoms with Crippen LogP contribution in [0.15, 0.2) is 42.5 Å². The molecule has 0 saturated heterocycles. The Morgan fingerprint density at radius 1 is 0.972 bits per heavy atom. The molecule has 0 saturated carbocycles. The van der Waals surface area contributed by atoms with Crippen LogP contribution in [-0.2, 0) is 26.2 Å². The van der Waals surface area contributed by atoms with Crippen LogP contribution in [0.3, 0.4) is 0 Å². The average molecular weight is 516 g/mol. The van der Waals surface area contributed by atoms with Gasteiger partial charge in [-0.15, -0.1) is 0 Å². The van der Waals surface area contributed by atoms with Crippen molar-refractivity contribution >= 4 is 27.5 Å². The molecule has 1 atom stereocenters. The van der Waals surface area contributed by atoms with E-state index in [0.717, 1.165) is 22.3 Å². The Kier molecular flexibility index (Phi) is 10.5. The largest absolute Gasteiger partial charge is 0.352 e. The quantitative estimate of drug-likeness (QED) is 0.451. The summed E-state index contributed by atoms with van der Waals surface area (Å²) in [5.41, 5.74) is 4.58. The Hall–Kier alpha value is -2.87. The van der Waals surface area contributed by atoms with Crippen molar-refractivity contribution < 1.29 is 18.0 Å². The number of carbonyl (C=O) groups is 2. The molecular weight excluding hydrogens is 474 g/mol. The third kappa shape index (κ3) is 8.66. The minimum Gasteiger partial charge on any atom is -0.352 e. The highest BCUT2D eigenvalue weighted by Crippen LogP contribution is 2.22. The molecule has 2 aromatic carbocycles. The number of hydrogen-bond acceptors (Lipinski definition) is 4. The molecule has 36 heavy (non-hydrogen) atoms. The molecule has 0 aliphatic carbocycles. The van der Waals surface area contributed by atoms with Gasteiger partial charge >= 0.3 is 0 Å². The van der Waals surface area contributed by atoms with Crippen molar-refractivity contribution in [2.24, 2.45) is 0 Å². The van der Waals surface area contributed by atoms with Crippen LogP contribution in [0, 0.1) is 20.8 Å².